The van der Waals surface area contributed by atoms with E-state index in [1.54, 1.807) is 0 Å². The van der Waals surface area contributed by atoms with Crippen LogP contribution in [-0.4, -0.2) is 18.5 Å². The second-order valence-electron chi connectivity index (χ2n) is 3.91. The number of benzene rings is 1. The van der Waals surface area contributed by atoms with Crippen LogP contribution in [-0.2, 0) is 4.79 Å². The summed E-state index contributed by atoms with van der Waals surface area (Å²) in [6, 6.07) is 8.10. The van der Waals surface area contributed by atoms with E-state index in [0.717, 1.165) is 10.2 Å². The lowest BCUT2D eigenvalue weighted by atomic mass is 10.3. The first-order valence-corrected chi connectivity index (χ1v) is 6.16. The SMILES string of the molecule is CC(C)NC(=O)CCNc1ccc(Br)cc1. The van der Waals surface area contributed by atoms with E-state index in [9.17, 15) is 4.79 Å². The number of hydrogen-bond acceptors (Lipinski definition) is 2. The molecule has 16 heavy (non-hydrogen) atoms. The van der Waals surface area contributed by atoms with Gasteiger partial charge in [-0.25, -0.2) is 0 Å². The van der Waals surface area contributed by atoms with Crippen LogP contribution >= 0.6 is 15.9 Å². The van der Waals surface area contributed by atoms with Crippen LogP contribution in [0.2, 0.25) is 0 Å². The molecule has 0 aliphatic carbocycles. The van der Waals surface area contributed by atoms with Crippen molar-refractivity contribution in [3.8, 4) is 0 Å². The van der Waals surface area contributed by atoms with Gasteiger partial charge in [0.2, 0.25) is 5.91 Å². The van der Waals surface area contributed by atoms with E-state index >= 15 is 0 Å². The molecule has 1 amide bonds. The summed E-state index contributed by atoms with van der Waals surface area (Å²) in [5.74, 6) is 0.0830. The maximum absolute atomic E-state index is 11.3. The number of anilines is 1. The highest BCUT2D eigenvalue weighted by molar-refractivity contribution is 9.10. The van der Waals surface area contributed by atoms with Gasteiger partial charge in [-0.1, -0.05) is 15.9 Å². The molecule has 88 valence electrons. The highest BCUT2D eigenvalue weighted by atomic mass is 79.9. The molecule has 0 spiro atoms. The van der Waals surface area contributed by atoms with Crippen LogP contribution in [0.15, 0.2) is 28.7 Å². The average molecular weight is 285 g/mol. The zero-order valence-electron chi connectivity index (χ0n) is 9.59. The van der Waals surface area contributed by atoms with Crippen molar-refractivity contribution in [3.63, 3.8) is 0 Å². The molecule has 1 aromatic rings. The lowest BCUT2D eigenvalue weighted by Crippen LogP contribution is -2.31. The second-order valence-corrected chi connectivity index (χ2v) is 4.82. The van der Waals surface area contributed by atoms with Gasteiger partial charge in [-0.05, 0) is 38.1 Å². The van der Waals surface area contributed by atoms with Gasteiger partial charge in [0.25, 0.3) is 0 Å². The molecule has 2 N–H and O–H groups in total. The Hall–Kier alpha value is -1.03. The van der Waals surface area contributed by atoms with Crippen molar-refractivity contribution >= 4 is 27.5 Å². The van der Waals surface area contributed by atoms with Crippen LogP contribution in [0.1, 0.15) is 20.3 Å². The Balaban J connectivity index is 2.25. The minimum absolute atomic E-state index is 0.0830. The molecule has 0 bridgehead atoms. The van der Waals surface area contributed by atoms with Crippen molar-refractivity contribution in [1.82, 2.24) is 5.32 Å². The van der Waals surface area contributed by atoms with Gasteiger partial charge >= 0.3 is 0 Å². The topological polar surface area (TPSA) is 41.1 Å². The molecule has 0 fully saturated rings. The van der Waals surface area contributed by atoms with E-state index in [2.05, 4.69) is 26.6 Å². The van der Waals surface area contributed by atoms with Crippen LogP contribution in [0.25, 0.3) is 0 Å². The predicted octanol–water partition coefficient (Wildman–Crippen LogP) is 2.78. The summed E-state index contributed by atoms with van der Waals surface area (Å²) in [5.41, 5.74) is 1.03. The molecule has 0 unspecified atom stereocenters. The van der Waals surface area contributed by atoms with Gasteiger partial charge in [-0.2, -0.15) is 0 Å². The average Bonchev–Trinajstić information content (AvgIpc) is 2.20. The third-order valence-electron chi connectivity index (χ3n) is 1.98. The fraction of sp³-hybridized carbons (Fsp3) is 0.417. The van der Waals surface area contributed by atoms with Crippen molar-refractivity contribution in [2.45, 2.75) is 26.3 Å². The summed E-state index contributed by atoms with van der Waals surface area (Å²) in [7, 11) is 0. The van der Waals surface area contributed by atoms with Gasteiger partial charge in [0.1, 0.15) is 0 Å². The quantitative estimate of drug-likeness (QED) is 0.873. The lowest BCUT2D eigenvalue weighted by Gasteiger charge is -2.09. The Bertz CT molecular complexity index is 335. The molecular weight excluding hydrogens is 268 g/mol. The van der Waals surface area contributed by atoms with Crippen molar-refractivity contribution in [1.29, 1.82) is 0 Å². The Labute approximate surface area is 105 Å². The fourth-order valence-electron chi connectivity index (χ4n) is 1.28. The normalized spacial score (nSPS) is 10.2. The first-order valence-electron chi connectivity index (χ1n) is 5.36. The maximum Gasteiger partial charge on any atom is 0.221 e. The van der Waals surface area contributed by atoms with E-state index in [1.165, 1.54) is 0 Å². The number of rotatable bonds is 5. The van der Waals surface area contributed by atoms with Gasteiger partial charge < -0.3 is 10.6 Å². The molecule has 0 heterocycles. The number of carbonyl (C=O) groups is 1. The van der Waals surface area contributed by atoms with Crippen LogP contribution in [0, 0.1) is 0 Å². The van der Waals surface area contributed by atoms with Crippen molar-refractivity contribution in [3.05, 3.63) is 28.7 Å². The van der Waals surface area contributed by atoms with E-state index < -0.39 is 0 Å². The summed E-state index contributed by atoms with van der Waals surface area (Å²) in [6.07, 6.45) is 0.494. The molecule has 0 radical (unpaired) electrons. The Morgan fingerprint density at radius 2 is 1.94 bits per heavy atom. The summed E-state index contributed by atoms with van der Waals surface area (Å²) < 4.78 is 1.05. The second kappa shape index (κ2) is 6.53. The summed E-state index contributed by atoms with van der Waals surface area (Å²) in [6.45, 7) is 4.57. The molecule has 0 atom stereocenters. The third kappa shape index (κ3) is 5.16. The third-order valence-corrected chi connectivity index (χ3v) is 2.50. The highest BCUT2D eigenvalue weighted by Crippen LogP contribution is 2.13. The largest absolute Gasteiger partial charge is 0.385 e. The molecule has 1 aromatic carbocycles. The molecule has 0 aromatic heterocycles. The van der Waals surface area contributed by atoms with E-state index in [1.807, 2.05) is 38.1 Å². The minimum Gasteiger partial charge on any atom is -0.385 e. The molecule has 0 aliphatic rings. The first kappa shape index (κ1) is 13.0. The standard InChI is InChI=1S/C12H17BrN2O/c1-9(2)15-12(16)7-8-14-11-5-3-10(13)4-6-11/h3-6,9,14H,7-8H2,1-2H3,(H,15,16). The summed E-state index contributed by atoms with van der Waals surface area (Å²) in [5, 5.41) is 6.05. The van der Waals surface area contributed by atoms with Crippen molar-refractivity contribution in [2.24, 2.45) is 0 Å². The summed E-state index contributed by atoms with van der Waals surface area (Å²) in [4.78, 5) is 11.3. The Kier molecular flexibility index (Phi) is 5.32. The van der Waals surface area contributed by atoms with E-state index in [-0.39, 0.29) is 11.9 Å². The summed E-state index contributed by atoms with van der Waals surface area (Å²) >= 11 is 3.37. The van der Waals surface area contributed by atoms with E-state index in [0.29, 0.717) is 13.0 Å². The minimum atomic E-state index is 0.0830. The van der Waals surface area contributed by atoms with Crippen molar-refractivity contribution < 1.29 is 4.79 Å². The molecule has 0 aliphatic heterocycles. The van der Waals surface area contributed by atoms with Crippen molar-refractivity contribution in [2.75, 3.05) is 11.9 Å². The number of hydrogen-bond donors (Lipinski definition) is 2. The molecule has 0 saturated heterocycles. The Morgan fingerprint density at radius 3 is 2.50 bits per heavy atom. The fourth-order valence-corrected chi connectivity index (χ4v) is 1.55. The number of amides is 1. The van der Waals surface area contributed by atoms with Gasteiger partial charge in [0.05, 0.1) is 0 Å². The monoisotopic (exact) mass is 284 g/mol. The highest BCUT2D eigenvalue weighted by Gasteiger charge is 2.02. The van der Waals surface area contributed by atoms with Crippen LogP contribution in [0.3, 0.4) is 0 Å². The maximum atomic E-state index is 11.3. The zero-order chi connectivity index (χ0) is 12.0. The van der Waals surface area contributed by atoms with Gasteiger partial charge in [-0.3, -0.25) is 4.79 Å². The Morgan fingerprint density at radius 1 is 1.31 bits per heavy atom. The molecular formula is C12H17BrN2O. The molecule has 4 heteroatoms. The van der Waals surface area contributed by atoms with Crippen LogP contribution in [0.5, 0.6) is 0 Å². The number of carbonyl (C=O) groups excluding carboxylic acids is 1. The predicted molar refractivity (Wildman–Crippen MR) is 70.5 cm³/mol. The first-order chi connectivity index (χ1) is 7.58. The molecule has 1 rings (SSSR count). The van der Waals surface area contributed by atoms with E-state index in [4.69, 9.17) is 0 Å². The van der Waals surface area contributed by atoms with Gasteiger partial charge in [-0.15, -0.1) is 0 Å². The molecule has 3 nitrogen and oxygen atoms in total. The number of nitrogens with one attached hydrogen (secondary N) is 2. The van der Waals surface area contributed by atoms with Gasteiger partial charge in [0, 0.05) is 29.2 Å². The smallest absolute Gasteiger partial charge is 0.221 e. The lowest BCUT2D eigenvalue weighted by molar-refractivity contribution is -0.121. The van der Waals surface area contributed by atoms with Crippen LogP contribution in [0.4, 0.5) is 5.69 Å². The van der Waals surface area contributed by atoms with Gasteiger partial charge in [0.15, 0.2) is 0 Å². The van der Waals surface area contributed by atoms with Crippen LogP contribution < -0.4 is 10.6 Å². The zero-order valence-corrected chi connectivity index (χ0v) is 11.2. The molecule has 0 saturated carbocycles. The number of halogens is 1.